The molecule has 0 aromatic heterocycles. The second-order valence-electron chi connectivity index (χ2n) is 5.29. The predicted octanol–water partition coefficient (Wildman–Crippen LogP) is 4.31. The average Bonchev–Trinajstić information content (AvgIpc) is 2.58. The maximum Gasteiger partial charge on any atom is 0.251 e. The minimum atomic E-state index is -0.0449. The molecule has 0 radical (unpaired) electrons. The van der Waals surface area contributed by atoms with Gasteiger partial charge >= 0.3 is 0 Å². The topological polar surface area (TPSA) is 38.3 Å². The molecule has 3 nitrogen and oxygen atoms in total. The Kier molecular flexibility index (Phi) is 7.01. The fourth-order valence-electron chi connectivity index (χ4n) is 1.99. The van der Waals surface area contributed by atoms with Gasteiger partial charge in [-0.2, -0.15) is 0 Å². The third kappa shape index (κ3) is 5.99. The number of carbonyl (C=O) groups is 1. The molecule has 0 fully saturated rings. The lowest BCUT2D eigenvalue weighted by molar-refractivity contribution is 0.0956. The smallest absolute Gasteiger partial charge is 0.251 e. The molecule has 2 aromatic carbocycles. The number of carbonyl (C=O) groups excluding carboxylic acids is 1. The molecule has 0 bridgehead atoms. The molecular formula is C19H23NO2S. The van der Waals surface area contributed by atoms with Crippen molar-refractivity contribution >= 4 is 17.7 Å². The van der Waals surface area contributed by atoms with Crippen molar-refractivity contribution in [3.8, 4) is 5.75 Å². The Bertz CT molecular complexity index is 608. The van der Waals surface area contributed by atoms with Crippen molar-refractivity contribution in [3.63, 3.8) is 0 Å². The first-order valence-corrected chi connectivity index (χ1v) is 8.88. The number of amides is 1. The van der Waals surface area contributed by atoms with Crippen LogP contribution in [0.2, 0.25) is 0 Å². The van der Waals surface area contributed by atoms with E-state index in [-0.39, 0.29) is 5.91 Å². The zero-order chi connectivity index (χ0) is 16.5. The van der Waals surface area contributed by atoms with E-state index in [2.05, 4.69) is 43.4 Å². The quantitative estimate of drug-likeness (QED) is 0.579. The molecule has 0 aliphatic heterocycles. The molecule has 0 saturated carbocycles. The highest BCUT2D eigenvalue weighted by molar-refractivity contribution is 7.99. The summed E-state index contributed by atoms with van der Waals surface area (Å²) in [7, 11) is 0. The van der Waals surface area contributed by atoms with Gasteiger partial charge in [0.1, 0.15) is 5.75 Å². The zero-order valence-electron chi connectivity index (χ0n) is 13.7. The first kappa shape index (κ1) is 17.4. The van der Waals surface area contributed by atoms with Crippen LogP contribution in [-0.2, 0) is 0 Å². The first-order valence-electron chi connectivity index (χ1n) is 7.89. The summed E-state index contributed by atoms with van der Waals surface area (Å²) in [6.45, 7) is 5.48. The lowest BCUT2D eigenvalue weighted by atomic mass is 10.2. The van der Waals surface area contributed by atoms with Crippen LogP contribution >= 0.6 is 11.8 Å². The van der Waals surface area contributed by atoms with Gasteiger partial charge < -0.3 is 10.1 Å². The third-order valence-electron chi connectivity index (χ3n) is 3.27. The van der Waals surface area contributed by atoms with E-state index in [1.54, 1.807) is 23.9 Å². The van der Waals surface area contributed by atoms with Gasteiger partial charge in [0.05, 0.1) is 6.61 Å². The highest BCUT2D eigenvalue weighted by Crippen LogP contribution is 2.17. The summed E-state index contributed by atoms with van der Waals surface area (Å²) >= 11 is 1.74. The Labute approximate surface area is 142 Å². The highest BCUT2D eigenvalue weighted by Gasteiger charge is 2.05. The standard InChI is InChI=1S/C19H23NO2S/c1-3-13-22-17-8-6-16(7-9-17)19(21)20-12-14-23-18-10-4-15(2)5-11-18/h4-11H,3,12-14H2,1-2H3,(H,20,21). The van der Waals surface area contributed by atoms with Crippen LogP contribution in [-0.4, -0.2) is 24.8 Å². The van der Waals surface area contributed by atoms with Crippen LogP contribution in [0.4, 0.5) is 0 Å². The molecule has 0 aliphatic rings. The fourth-order valence-corrected chi connectivity index (χ4v) is 2.76. The van der Waals surface area contributed by atoms with E-state index in [0.717, 1.165) is 17.9 Å². The number of hydrogen-bond donors (Lipinski definition) is 1. The van der Waals surface area contributed by atoms with Crippen LogP contribution in [0, 0.1) is 6.92 Å². The van der Waals surface area contributed by atoms with Gasteiger partial charge in [-0.15, -0.1) is 11.8 Å². The van der Waals surface area contributed by atoms with Crippen LogP contribution in [0.25, 0.3) is 0 Å². The van der Waals surface area contributed by atoms with Crippen LogP contribution in [0.15, 0.2) is 53.4 Å². The molecule has 1 N–H and O–H groups in total. The summed E-state index contributed by atoms with van der Waals surface area (Å²) in [5, 5.41) is 2.94. The van der Waals surface area contributed by atoms with E-state index in [4.69, 9.17) is 4.74 Å². The van der Waals surface area contributed by atoms with Crippen molar-refractivity contribution in [2.24, 2.45) is 0 Å². The molecule has 0 aliphatic carbocycles. The maximum absolute atomic E-state index is 12.1. The fraction of sp³-hybridized carbons (Fsp3) is 0.316. The number of thioether (sulfide) groups is 1. The Morgan fingerprint density at radius 2 is 1.78 bits per heavy atom. The Morgan fingerprint density at radius 3 is 2.43 bits per heavy atom. The van der Waals surface area contributed by atoms with Gasteiger partial charge in [0.2, 0.25) is 0 Å². The van der Waals surface area contributed by atoms with Gasteiger partial charge in [0, 0.05) is 22.8 Å². The lowest BCUT2D eigenvalue weighted by Crippen LogP contribution is -2.25. The molecule has 0 saturated heterocycles. The highest BCUT2D eigenvalue weighted by atomic mass is 32.2. The van der Waals surface area contributed by atoms with E-state index in [9.17, 15) is 4.79 Å². The van der Waals surface area contributed by atoms with Gasteiger partial charge in [-0.3, -0.25) is 4.79 Å². The number of ether oxygens (including phenoxy) is 1. The van der Waals surface area contributed by atoms with E-state index in [1.807, 2.05) is 12.1 Å². The summed E-state index contributed by atoms with van der Waals surface area (Å²) in [6, 6.07) is 15.7. The molecule has 0 spiro atoms. The predicted molar refractivity (Wildman–Crippen MR) is 96.5 cm³/mol. The molecule has 2 rings (SSSR count). The molecule has 0 heterocycles. The Morgan fingerprint density at radius 1 is 1.09 bits per heavy atom. The van der Waals surface area contributed by atoms with Crippen LogP contribution in [0.5, 0.6) is 5.75 Å². The van der Waals surface area contributed by atoms with Crippen molar-refractivity contribution in [3.05, 3.63) is 59.7 Å². The van der Waals surface area contributed by atoms with Gasteiger partial charge in [-0.25, -0.2) is 0 Å². The molecule has 0 atom stereocenters. The molecule has 23 heavy (non-hydrogen) atoms. The third-order valence-corrected chi connectivity index (χ3v) is 4.28. The summed E-state index contributed by atoms with van der Waals surface area (Å²) in [4.78, 5) is 13.3. The van der Waals surface area contributed by atoms with Gasteiger partial charge in [0.15, 0.2) is 0 Å². The lowest BCUT2D eigenvalue weighted by Gasteiger charge is -2.07. The number of rotatable bonds is 8. The van der Waals surface area contributed by atoms with Crippen molar-refractivity contribution in [2.45, 2.75) is 25.2 Å². The summed E-state index contributed by atoms with van der Waals surface area (Å²) in [6.07, 6.45) is 0.973. The van der Waals surface area contributed by atoms with Crippen LogP contribution < -0.4 is 10.1 Å². The van der Waals surface area contributed by atoms with E-state index < -0.39 is 0 Å². The summed E-state index contributed by atoms with van der Waals surface area (Å²) in [5.74, 6) is 1.61. The number of nitrogens with one attached hydrogen (secondary N) is 1. The molecular weight excluding hydrogens is 306 g/mol. The number of benzene rings is 2. The molecule has 1 amide bonds. The van der Waals surface area contributed by atoms with Crippen molar-refractivity contribution in [1.29, 1.82) is 0 Å². The van der Waals surface area contributed by atoms with E-state index >= 15 is 0 Å². The summed E-state index contributed by atoms with van der Waals surface area (Å²) in [5.41, 5.74) is 1.92. The van der Waals surface area contributed by atoms with Gasteiger partial charge in [0.25, 0.3) is 5.91 Å². The maximum atomic E-state index is 12.1. The zero-order valence-corrected chi connectivity index (χ0v) is 14.5. The molecule has 122 valence electrons. The minimum absolute atomic E-state index is 0.0449. The molecule has 2 aromatic rings. The van der Waals surface area contributed by atoms with Crippen molar-refractivity contribution in [2.75, 3.05) is 18.9 Å². The largest absolute Gasteiger partial charge is 0.494 e. The summed E-state index contributed by atoms with van der Waals surface area (Å²) < 4.78 is 5.51. The van der Waals surface area contributed by atoms with Gasteiger partial charge in [-0.1, -0.05) is 24.6 Å². The first-order chi connectivity index (χ1) is 11.2. The monoisotopic (exact) mass is 329 g/mol. The van der Waals surface area contributed by atoms with Gasteiger partial charge in [-0.05, 0) is 49.7 Å². The average molecular weight is 329 g/mol. The second kappa shape index (κ2) is 9.26. The Balaban J connectivity index is 1.72. The van der Waals surface area contributed by atoms with E-state index in [0.29, 0.717) is 18.7 Å². The molecule has 4 heteroatoms. The SMILES string of the molecule is CCCOc1ccc(C(=O)NCCSc2ccc(C)cc2)cc1. The van der Waals surface area contributed by atoms with Crippen molar-refractivity contribution in [1.82, 2.24) is 5.32 Å². The van der Waals surface area contributed by atoms with Crippen LogP contribution in [0.1, 0.15) is 29.3 Å². The second-order valence-corrected chi connectivity index (χ2v) is 6.46. The minimum Gasteiger partial charge on any atom is -0.494 e. The Hall–Kier alpha value is -1.94. The van der Waals surface area contributed by atoms with Crippen molar-refractivity contribution < 1.29 is 9.53 Å². The number of aryl methyl sites for hydroxylation is 1. The molecule has 0 unspecified atom stereocenters. The number of hydrogen-bond acceptors (Lipinski definition) is 3. The van der Waals surface area contributed by atoms with Crippen LogP contribution in [0.3, 0.4) is 0 Å². The normalized spacial score (nSPS) is 10.3. The van der Waals surface area contributed by atoms with E-state index in [1.165, 1.54) is 10.5 Å².